The van der Waals surface area contributed by atoms with E-state index in [4.69, 9.17) is 11.6 Å². The zero-order valence-electron chi connectivity index (χ0n) is 15.9. The van der Waals surface area contributed by atoms with E-state index in [1.807, 2.05) is 26.8 Å². The summed E-state index contributed by atoms with van der Waals surface area (Å²) in [6.07, 6.45) is 3.77. The number of carbonyl (C=O) groups is 2. The van der Waals surface area contributed by atoms with Crippen molar-refractivity contribution in [2.75, 3.05) is 24.5 Å². The molecule has 0 spiro atoms. The van der Waals surface area contributed by atoms with E-state index in [2.05, 4.69) is 10.1 Å². The lowest BCUT2D eigenvalue weighted by atomic mass is 9.96. The third-order valence-electron chi connectivity index (χ3n) is 3.73. The maximum absolute atomic E-state index is 12.8. The molecule has 8 nitrogen and oxygen atoms in total. The number of halogens is 1. The first-order valence-electron chi connectivity index (χ1n) is 8.56. The van der Waals surface area contributed by atoms with Gasteiger partial charge in [-0.2, -0.15) is 5.10 Å². The van der Waals surface area contributed by atoms with Gasteiger partial charge in [-0.1, -0.05) is 32.4 Å². The molecule has 146 valence electrons. The summed E-state index contributed by atoms with van der Waals surface area (Å²) in [4.78, 5) is 30.9. The van der Waals surface area contributed by atoms with Crippen LogP contribution in [0.1, 0.15) is 27.7 Å². The molecule has 2 rings (SSSR count). The molecule has 0 aliphatic rings. The fraction of sp³-hybridized carbons (Fsp3) is 0.444. The number of pyridine rings is 1. The molecule has 27 heavy (non-hydrogen) atoms. The maximum atomic E-state index is 12.8. The molecule has 0 aromatic carbocycles. The van der Waals surface area contributed by atoms with Crippen molar-refractivity contribution in [3.8, 4) is 5.69 Å². The molecule has 0 saturated carbocycles. The van der Waals surface area contributed by atoms with Crippen LogP contribution < -0.4 is 4.90 Å². The Morgan fingerprint density at radius 2 is 2.04 bits per heavy atom. The zero-order valence-corrected chi connectivity index (χ0v) is 16.6. The zero-order chi connectivity index (χ0) is 20.2. The molecule has 9 heteroatoms. The van der Waals surface area contributed by atoms with E-state index < -0.39 is 6.09 Å². The average Bonchev–Trinajstić information content (AvgIpc) is 2.96. The molecule has 0 bridgehead atoms. The van der Waals surface area contributed by atoms with Crippen molar-refractivity contribution < 1.29 is 14.7 Å². The number of likely N-dealkylation sites (N-methyl/N-ethyl adjacent to an activating group) is 1. The summed E-state index contributed by atoms with van der Waals surface area (Å²) in [7, 11) is 0. The van der Waals surface area contributed by atoms with Crippen molar-refractivity contribution in [2.24, 2.45) is 5.41 Å². The summed E-state index contributed by atoms with van der Waals surface area (Å²) in [6, 6.07) is 3.58. The Bertz CT molecular complexity index is 801. The lowest BCUT2D eigenvalue weighted by molar-refractivity contribution is -0.119. The fourth-order valence-electron chi connectivity index (χ4n) is 2.64. The minimum Gasteiger partial charge on any atom is -0.465 e. The van der Waals surface area contributed by atoms with Gasteiger partial charge in [-0.3, -0.25) is 14.7 Å². The monoisotopic (exact) mass is 393 g/mol. The van der Waals surface area contributed by atoms with E-state index >= 15 is 0 Å². The first-order valence-corrected chi connectivity index (χ1v) is 8.94. The number of amides is 2. The number of anilines is 1. The molecule has 1 N–H and O–H groups in total. The van der Waals surface area contributed by atoms with Gasteiger partial charge in [-0.05, 0) is 24.5 Å². The number of carbonyl (C=O) groups excluding carboxylic acids is 1. The molecule has 2 amide bonds. The second kappa shape index (κ2) is 8.39. The van der Waals surface area contributed by atoms with Gasteiger partial charge in [-0.25, -0.2) is 9.48 Å². The first-order chi connectivity index (χ1) is 12.6. The van der Waals surface area contributed by atoms with Gasteiger partial charge in [0.2, 0.25) is 5.91 Å². The molecule has 0 atom stereocenters. The Labute approximate surface area is 163 Å². The van der Waals surface area contributed by atoms with Gasteiger partial charge in [-0.15, -0.1) is 0 Å². The van der Waals surface area contributed by atoms with E-state index in [0.717, 1.165) is 4.90 Å². The highest BCUT2D eigenvalue weighted by atomic mass is 35.5. The molecule has 0 radical (unpaired) electrons. The Morgan fingerprint density at radius 1 is 1.33 bits per heavy atom. The normalized spacial score (nSPS) is 11.3. The van der Waals surface area contributed by atoms with Crippen molar-refractivity contribution in [2.45, 2.75) is 27.7 Å². The number of hydrogen-bond acceptors (Lipinski definition) is 4. The summed E-state index contributed by atoms with van der Waals surface area (Å²) in [5, 5.41) is 13.8. The van der Waals surface area contributed by atoms with Crippen molar-refractivity contribution in [1.29, 1.82) is 0 Å². The average molecular weight is 394 g/mol. The minimum absolute atomic E-state index is 0.159. The minimum atomic E-state index is -1.13. The van der Waals surface area contributed by atoms with Crippen LogP contribution in [0.4, 0.5) is 10.5 Å². The first kappa shape index (κ1) is 20.7. The second-order valence-electron chi connectivity index (χ2n) is 7.30. The van der Waals surface area contributed by atoms with Crippen LogP contribution in [-0.2, 0) is 4.79 Å². The van der Waals surface area contributed by atoms with Crippen molar-refractivity contribution in [1.82, 2.24) is 19.7 Å². The van der Waals surface area contributed by atoms with Gasteiger partial charge in [0.25, 0.3) is 0 Å². The van der Waals surface area contributed by atoms with Crippen LogP contribution >= 0.6 is 11.6 Å². The van der Waals surface area contributed by atoms with Crippen LogP contribution in [-0.4, -0.2) is 56.4 Å². The second-order valence-corrected chi connectivity index (χ2v) is 7.66. The molecule has 2 heterocycles. The summed E-state index contributed by atoms with van der Waals surface area (Å²) < 4.78 is 1.53. The number of rotatable bonds is 6. The molecule has 0 aliphatic carbocycles. The molecule has 0 fully saturated rings. The van der Waals surface area contributed by atoms with Gasteiger partial charge in [0.1, 0.15) is 12.2 Å². The van der Waals surface area contributed by atoms with Crippen LogP contribution in [0.3, 0.4) is 0 Å². The molecule has 0 aliphatic heterocycles. The van der Waals surface area contributed by atoms with Crippen LogP contribution in [0.25, 0.3) is 5.69 Å². The molecule has 2 aromatic rings. The highest BCUT2D eigenvalue weighted by Gasteiger charge is 2.27. The maximum Gasteiger partial charge on any atom is 0.407 e. The fourth-order valence-corrected chi connectivity index (χ4v) is 2.87. The lowest BCUT2D eigenvalue weighted by Gasteiger charge is -2.29. The Hall–Kier alpha value is -2.61. The predicted octanol–water partition coefficient (Wildman–Crippen LogP) is 3.30. The molecule has 0 unspecified atom stereocenters. The van der Waals surface area contributed by atoms with Crippen molar-refractivity contribution in [3.63, 3.8) is 0 Å². The van der Waals surface area contributed by atoms with Crippen LogP contribution in [0.5, 0.6) is 0 Å². The number of nitrogens with zero attached hydrogens (tertiary/aromatic N) is 5. The van der Waals surface area contributed by atoms with Crippen LogP contribution in [0.15, 0.2) is 30.7 Å². The Morgan fingerprint density at radius 3 is 2.56 bits per heavy atom. The van der Waals surface area contributed by atoms with Gasteiger partial charge >= 0.3 is 6.09 Å². The number of hydrogen-bond donors (Lipinski definition) is 1. The molecule has 2 aromatic heterocycles. The highest BCUT2D eigenvalue weighted by molar-refractivity contribution is 6.32. The van der Waals surface area contributed by atoms with Crippen LogP contribution in [0, 0.1) is 5.41 Å². The van der Waals surface area contributed by atoms with Crippen molar-refractivity contribution in [3.05, 3.63) is 35.9 Å². The van der Waals surface area contributed by atoms with E-state index in [-0.39, 0.29) is 29.6 Å². The Balaban J connectivity index is 2.24. The topological polar surface area (TPSA) is 91.6 Å². The third kappa shape index (κ3) is 5.43. The third-order valence-corrected chi connectivity index (χ3v) is 4.00. The summed E-state index contributed by atoms with van der Waals surface area (Å²) >= 11 is 6.24. The standard InChI is InChI=1S/C18H24ClN5O3/c1-5-23(15(25)11-22(17(26)27)12-18(2,3)4)14-10-24(21-16(14)19)13-7-6-8-20-9-13/h6-10H,5,11-12H2,1-4H3,(H,26,27). The van der Waals surface area contributed by atoms with Gasteiger partial charge in [0.15, 0.2) is 5.15 Å². The molecular weight excluding hydrogens is 370 g/mol. The lowest BCUT2D eigenvalue weighted by Crippen LogP contribution is -2.45. The smallest absolute Gasteiger partial charge is 0.407 e. The molecule has 0 saturated heterocycles. The van der Waals surface area contributed by atoms with E-state index in [9.17, 15) is 14.7 Å². The summed E-state index contributed by atoms with van der Waals surface area (Å²) in [5.41, 5.74) is 0.863. The quantitative estimate of drug-likeness (QED) is 0.812. The molecular formula is C18H24ClN5O3. The van der Waals surface area contributed by atoms with Gasteiger partial charge < -0.3 is 10.0 Å². The predicted molar refractivity (Wildman–Crippen MR) is 103 cm³/mol. The van der Waals surface area contributed by atoms with E-state index in [0.29, 0.717) is 17.9 Å². The summed E-state index contributed by atoms with van der Waals surface area (Å²) in [6.45, 7) is 7.87. The van der Waals surface area contributed by atoms with E-state index in [1.165, 1.54) is 9.58 Å². The highest BCUT2D eigenvalue weighted by Crippen LogP contribution is 2.26. The van der Waals surface area contributed by atoms with Gasteiger partial charge in [0.05, 0.1) is 18.1 Å². The number of aromatic nitrogens is 3. The Kier molecular flexibility index (Phi) is 6.43. The summed E-state index contributed by atoms with van der Waals surface area (Å²) in [5.74, 6) is -0.364. The SMILES string of the molecule is CCN(C(=O)CN(CC(C)(C)C)C(=O)O)c1cn(-c2cccnc2)nc1Cl. The van der Waals surface area contributed by atoms with Crippen molar-refractivity contribution >= 4 is 29.3 Å². The number of carboxylic acid groups (broad SMARTS) is 1. The van der Waals surface area contributed by atoms with Gasteiger partial charge in [0, 0.05) is 19.3 Å². The largest absolute Gasteiger partial charge is 0.465 e. The van der Waals surface area contributed by atoms with E-state index in [1.54, 1.807) is 31.6 Å². The van der Waals surface area contributed by atoms with Crippen LogP contribution in [0.2, 0.25) is 5.15 Å².